The maximum absolute atomic E-state index is 12.5. The first kappa shape index (κ1) is 46.7. The van der Waals surface area contributed by atoms with Gasteiger partial charge in [-0.15, -0.1) is 11.6 Å². The van der Waals surface area contributed by atoms with Crippen molar-refractivity contribution in [3.05, 3.63) is 156 Å². The molecule has 0 radical (unpaired) electrons. The Labute approximate surface area is 344 Å². The number of alkyl halides is 1. The van der Waals surface area contributed by atoms with E-state index in [9.17, 15) is 27.6 Å². The van der Waals surface area contributed by atoms with Gasteiger partial charge in [0.1, 0.15) is 0 Å². The van der Waals surface area contributed by atoms with Crippen LogP contribution in [0.3, 0.4) is 0 Å². The van der Waals surface area contributed by atoms with Crippen LogP contribution in [-0.4, -0.2) is 68.3 Å². The first-order valence-corrected chi connectivity index (χ1v) is 20.3. The average Bonchev–Trinajstić information content (AvgIpc) is 3.64. The predicted molar refractivity (Wildman–Crippen MR) is 229 cm³/mol. The zero-order valence-electron chi connectivity index (χ0n) is 33.4. The molecule has 0 aliphatic carbocycles. The molecule has 3 aromatic heterocycles. The van der Waals surface area contributed by atoms with Gasteiger partial charge < -0.3 is 4.74 Å². The molecule has 6 aromatic rings. The van der Waals surface area contributed by atoms with Gasteiger partial charge in [-0.1, -0.05) is 62.0 Å². The lowest BCUT2D eigenvalue weighted by Crippen LogP contribution is -2.22. The number of ether oxygens (including phenoxy) is 1. The number of benzene rings is 3. The fraction of sp³-hybridized carbons (Fsp3) is 0.333. The van der Waals surface area contributed by atoms with Crippen molar-refractivity contribution in [1.29, 1.82) is 0 Å². The molecule has 58 heavy (non-hydrogen) atoms. The molecule has 312 valence electrons. The fourth-order valence-corrected chi connectivity index (χ4v) is 6.83. The Hall–Kier alpha value is -5.64. The minimum absolute atomic E-state index is 0. The number of nitrogens with zero attached hydrogens (tertiary/aromatic N) is 6. The zero-order valence-corrected chi connectivity index (χ0v) is 35.0. The van der Waals surface area contributed by atoms with Gasteiger partial charge in [0.15, 0.2) is 0 Å². The predicted octanol–water partition coefficient (Wildman–Crippen LogP) is 5.10. The van der Waals surface area contributed by atoms with E-state index in [1.165, 1.54) is 7.11 Å². The molecular formula is C42H53ClN6O8S. The summed E-state index contributed by atoms with van der Waals surface area (Å²) in [6.45, 7) is 5.56. The first-order valence-electron chi connectivity index (χ1n) is 18.0. The summed E-state index contributed by atoms with van der Waals surface area (Å²) in [5, 5.41) is 0. The lowest BCUT2D eigenvalue weighted by Gasteiger charge is -2.07. The van der Waals surface area contributed by atoms with Crippen molar-refractivity contribution in [2.45, 2.75) is 47.5 Å². The third kappa shape index (κ3) is 10.8. The SMILES string of the molecule is C.COC(=O)Cc1c(C)n(C)n(-c2ccccc2)c1=O.Cc1c(CCCl)c(=O)n(-c2ccccc2)n1C.Cc1c(CCOS(C)(=O)=O)c(=O)n(-c2ccccc2)n1C. The molecular weight excluding hydrogens is 784 g/mol. The first-order chi connectivity index (χ1) is 27.0. The third-order valence-corrected chi connectivity index (χ3v) is 10.3. The molecule has 3 aromatic carbocycles. The highest BCUT2D eigenvalue weighted by Gasteiger charge is 2.19. The summed E-state index contributed by atoms with van der Waals surface area (Å²) in [5.41, 5.74) is 6.46. The molecule has 0 saturated carbocycles. The van der Waals surface area contributed by atoms with Crippen LogP contribution in [0.15, 0.2) is 105 Å². The highest BCUT2D eigenvalue weighted by Crippen LogP contribution is 2.13. The van der Waals surface area contributed by atoms with E-state index in [2.05, 4.69) is 4.74 Å². The molecule has 0 saturated heterocycles. The van der Waals surface area contributed by atoms with Crippen molar-refractivity contribution in [2.75, 3.05) is 25.9 Å². The van der Waals surface area contributed by atoms with Gasteiger partial charge in [0.25, 0.3) is 26.8 Å². The van der Waals surface area contributed by atoms with E-state index >= 15 is 0 Å². The number of esters is 1. The van der Waals surface area contributed by atoms with E-state index in [4.69, 9.17) is 15.8 Å². The number of hydrogen-bond donors (Lipinski definition) is 0. The quantitative estimate of drug-likeness (QED) is 0.0994. The van der Waals surface area contributed by atoms with Crippen LogP contribution < -0.4 is 16.7 Å². The van der Waals surface area contributed by atoms with Crippen LogP contribution in [0, 0.1) is 20.8 Å². The Morgan fingerprint density at radius 2 is 0.931 bits per heavy atom. The van der Waals surface area contributed by atoms with Gasteiger partial charge in [-0.2, -0.15) is 8.42 Å². The van der Waals surface area contributed by atoms with Crippen molar-refractivity contribution in [2.24, 2.45) is 21.1 Å². The van der Waals surface area contributed by atoms with Gasteiger partial charge >= 0.3 is 5.97 Å². The molecule has 14 nitrogen and oxygen atoms in total. The molecule has 0 spiro atoms. The molecule has 0 unspecified atom stereocenters. The second-order valence-electron chi connectivity index (χ2n) is 13.1. The molecule has 0 aliphatic heterocycles. The lowest BCUT2D eigenvalue weighted by molar-refractivity contribution is -0.139. The second kappa shape index (κ2) is 20.7. The van der Waals surface area contributed by atoms with E-state index in [0.29, 0.717) is 23.4 Å². The molecule has 0 N–H and O–H groups in total. The van der Waals surface area contributed by atoms with Crippen LogP contribution >= 0.6 is 11.6 Å². The number of carbonyl (C=O) groups is 1. The maximum Gasteiger partial charge on any atom is 0.310 e. The Kier molecular flexibility index (Phi) is 16.7. The van der Waals surface area contributed by atoms with Crippen molar-refractivity contribution < 1.29 is 22.1 Å². The molecule has 6 rings (SSSR count). The Morgan fingerprint density at radius 3 is 1.26 bits per heavy atom. The van der Waals surface area contributed by atoms with Gasteiger partial charge in [0.2, 0.25) is 0 Å². The van der Waals surface area contributed by atoms with Crippen molar-refractivity contribution in [3.63, 3.8) is 0 Å². The van der Waals surface area contributed by atoms with E-state index < -0.39 is 16.1 Å². The number of para-hydroxylation sites is 3. The van der Waals surface area contributed by atoms with Gasteiger partial charge in [0.05, 0.1) is 49.0 Å². The lowest BCUT2D eigenvalue weighted by atomic mass is 10.2. The normalized spacial score (nSPS) is 10.8. The largest absolute Gasteiger partial charge is 0.469 e. The van der Waals surface area contributed by atoms with Crippen molar-refractivity contribution >= 4 is 27.7 Å². The minimum Gasteiger partial charge on any atom is -0.469 e. The van der Waals surface area contributed by atoms with Crippen LogP contribution in [-0.2, 0) is 64.2 Å². The topological polar surface area (TPSA) is 150 Å². The number of aromatic nitrogens is 6. The molecule has 0 atom stereocenters. The summed E-state index contributed by atoms with van der Waals surface area (Å²) in [6.07, 6.45) is 1.85. The summed E-state index contributed by atoms with van der Waals surface area (Å²) in [5.74, 6) is 0.0560. The van der Waals surface area contributed by atoms with Crippen molar-refractivity contribution in [1.82, 2.24) is 28.1 Å². The highest BCUT2D eigenvalue weighted by atomic mass is 35.5. The third-order valence-electron chi connectivity index (χ3n) is 9.56. The molecule has 16 heteroatoms. The summed E-state index contributed by atoms with van der Waals surface area (Å²) >= 11 is 5.73. The molecule has 0 amide bonds. The highest BCUT2D eigenvalue weighted by molar-refractivity contribution is 7.85. The van der Waals surface area contributed by atoms with Crippen LogP contribution in [0.25, 0.3) is 17.1 Å². The second-order valence-corrected chi connectivity index (χ2v) is 15.1. The van der Waals surface area contributed by atoms with E-state index in [1.807, 2.05) is 123 Å². The Morgan fingerprint density at radius 1 is 0.603 bits per heavy atom. The van der Waals surface area contributed by atoms with E-state index in [1.54, 1.807) is 37.5 Å². The van der Waals surface area contributed by atoms with E-state index in [0.717, 1.165) is 46.0 Å². The number of halogens is 1. The van der Waals surface area contributed by atoms with Gasteiger partial charge in [-0.25, -0.2) is 14.0 Å². The smallest absolute Gasteiger partial charge is 0.310 e. The monoisotopic (exact) mass is 836 g/mol. The number of methoxy groups -OCH3 is 1. The van der Waals surface area contributed by atoms with Crippen LogP contribution in [0.5, 0.6) is 0 Å². The maximum atomic E-state index is 12.5. The van der Waals surface area contributed by atoms with E-state index in [-0.39, 0.29) is 43.6 Å². The Balaban J connectivity index is 0.000000232. The van der Waals surface area contributed by atoms with Crippen LogP contribution in [0.2, 0.25) is 0 Å². The average molecular weight is 837 g/mol. The molecule has 0 bridgehead atoms. The van der Waals surface area contributed by atoms with Gasteiger partial charge in [0, 0.05) is 61.7 Å². The molecule has 0 fully saturated rings. The van der Waals surface area contributed by atoms with Gasteiger partial charge in [-0.3, -0.25) is 37.4 Å². The molecule has 3 heterocycles. The van der Waals surface area contributed by atoms with Crippen LogP contribution in [0.1, 0.15) is 41.2 Å². The zero-order chi connectivity index (χ0) is 42.0. The number of rotatable bonds is 11. The summed E-state index contributed by atoms with van der Waals surface area (Å²) in [4.78, 5) is 48.5. The molecule has 0 aliphatic rings. The van der Waals surface area contributed by atoms with Gasteiger partial charge in [-0.05, 0) is 63.6 Å². The van der Waals surface area contributed by atoms with Crippen LogP contribution in [0.4, 0.5) is 0 Å². The Bertz CT molecular complexity index is 2590. The van der Waals surface area contributed by atoms with Crippen molar-refractivity contribution in [3.8, 4) is 17.1 Å². The standard InChI is InChI=1S/C14H18N2O4S.C14H16N2O3.C13H15ClN2O.CH4/c1-11-13(9-10-20-21(3,18)19)14(17)16(15(11)2)12-7-5-4-6-8-12;1-10-12(9-13(17)19-3)14(18)16(15(10)2)11-7-5-4-6-8-11;1-10-12(8-9-14)13(17)16(15(10)2)11-6-4-3-5-7-11;/h4-8H,9-10H2,1-3H3;4-8H,9H2,1-3H3;3-7H,8-9H2,1-2H3;1H4. The minimum atomic E-state index is -3.49. The summed E-state index contributed by atoms with van der Waals surface area (Å²) < 4.78 is 41.4. The fourth-order valence-electron chi connectivity index (χ4n) is 6.26. The number of carbonyl (C=O) groups excluding carboxylic acids is 1. The summed E-state index contributed by atoms with van der Waals surface area (Å²) in [7, 11) is 3.31. The summed E-state index contributed by atoms with van der Waals surface area (Å²) in [6, 6.07) is 28.2. The number of hydrogen-bond acceptors (Lipinski definition) is 8.